The maximum atomic E-state index is 5.49. The smallest absolute Gasteiger partial charge is 0.145 e. The average molecular weight is 182 g/mol. The third kappa shape index (κ3) is 3.94. The zero-order valence-electron chi connectivity index (χ0n) is 8.40. The minimum Gasteiger partial charge on any atom is -0.382 e. The van der Waals surface area contributed by atoms with Crippen LogP contribution in [-0.2, 0) is 6.54 Å². The van der Waals surface area contributed by atoms with Crippen molar-refractivity contribution in [1.29, 1.82) is 0 Å². The van der Waals surface area contributed by atoms with Crippen LogP contribution in [0.15, 0.2) is 12.3 Å². The molecule has 0 saturated heterocycles. The Balaban J connectivity index is 2.13. The molecule has 0 radical (unpaired) electrons. The molecule has 1 aromatic rings. The van der Waals surface area contributed by atoms with Crippen molar-refractivity contribution in [3.63, 3.8) is 0 Å². The summed E-state index contributed by atoms with van der Waals surface area (Å²) in [6.45, 7) is 2.10. The minimum atomic E-state index is 0.604. The van der Waals surface area contributed by atoms with Crippen molar-refractivity contribution >= 4 is 5.82 Å². The zero-order valence-corrected chi connectivity index (χ0v) is 8.40. The number of aryl methyl sites for hydroxylation is 1. The Morgan fingerprint density at radius 1 is 1.46 bits per heavy atom. The summed E-state index contributed by atoms with van der Waals surface area (Å²) in [5.41, 5.74) is 5.49. The Hall–Kier alpha value is -1.03. The van der Waals surface area contributed by atoms with Crippen molar-refractivity contribution < 1.29 is 0 Å². The molecular formula is C9H18N4. The Labute approximate surface area is 79.3 Å². The lowest BCUT2D eigenvalue weighted by Gasteiger charge is -2.08. The quantitative estimate of drug-likeness (QED) is 0.685. The lowest BCUT2D eigenvalue weighted by Crippen LogP contribution is -2.13. The van der Waals surface area contributed by atoms with Gasteiger partial charge in [0, 0.05) is 12.7 Å². The number of hydrogen-bond acceptors (Lipinski definition) is 3. The highest BCUT2D eigenvalue weighted by molar-refractivity contribution is 5.23. The van der Waals surface area contributed by atoms with Crippen molar-refractivity contribution in [3.8, 4) is 0 Å². The van der Waals surface area contributed by atoms with Crippen molar-refractivity contribution in [2.75, 3.05) is 26.4 Å². The van der Waals surface area contributed by atoms with Gasteiger partial charge in [-0.1, -0.05) is 0 Å². The highest BCUT2D eigenvalue weighted by Crippen LogP contribution is 1.99. The normalized spacial score (nSPS) is 11.0. The third-order valence-electron chi connectivity index (χ3n) is 1.90. The lowest BCUT2D eigenvalue weighted by molar-refractivity contribution is 0.384. The van der Waals surface area contributed by atoms with Gasteiger partial charge in [-0.25, -0.2) is 0 Å². The molecule has 0 aliphatic carbocycles. The molecule has 1 heterocycles. The van der Waals surface area contributed by atoms with Crippen LogP contribution in [0.2, 0.25) is 0 Å². The Morgan fingerprint density at radius 2 is 2.23 bits per heavy atom. The molecule has 0 atom stereocenters. The van der Waals surface area contributed by atoms with Gasteiger partial charge in [0.05, 0.1) is 0 Å². The van der Waals surface area contributed by atoms with Gasteiger partial charge < -0.3 is 10.6 Å². The van der Waals surface area contributed by atoms with E-state index in [0.29, 0.717) is 5.82 Å². The number of nitrogen functional groups attached to an aromatic ring is 1. The van der Waals surface area contributed by atoms with E-state index in [0.717, 1.165) is 19.5 Å². The Kier molecular flexibility index (Phi) is 3.76. The highest BCUT2D eigenvalue weighted by atomic mass is 15.3. The average Bonchev–Trinajstić information content (AvgIpc) is 2.45. The number of hydrogen-bond donors (Lipinski definition) is 1. The van der Waals surface area contributed by atoms with Crippen LogP contribution in [0.3, 0.4) is 0 Å². The molecule has 1 rings (SSSR count). The molecule has 0 aliphatic rings. The monoisotopic (exact) mass is 182 g/mol. The predicted molar refractivity (Wildman–Crippen MR) is 54.4 cm³/mol. The molecule has 0 amide bonds. The Morgan fingerprint density at radius 3 is 2.77 bits per heavy atom. The van der Waals surface area contributed by atoms with Crippen LogP contribution in [0.5, 0.6) is 0 Å². The van der Waals surface area contributed by atoms with Gasteiger partial charge in [0.25, 0.3) is 0 Å². The summed E-state index contributed by atoms with van der Waals surface area (Å²) in [7, 11) is 4.18. The second kappa shape index (κ2) is 4.87. The molecule has 0 spiro atoms. The highest BCUT2D eigenvalue weighted by Gasteiger charge is 1.95. The molecule has 0 saturated carbocycles. The van der Waals surface area contributed by atoms with Gasteiger partial charge in [-0.15, -0.1) is 0 Å². The van der Waals surface area contributed by atoms with Crippen LogP contribution in [0.25, 0.3) is 0 Å². The van der Waals surface area contributed by atoms with E-state index < -0.39 is 0 Å². The topological polar surface area (TPSA) is 47.1 Å². The molecule has 0 fully saturated rings. The summed E-state index contributed by atoms with van der Waals surface area (Å²) < 4.78 is 1.89. The SMILES string of the molecule is CN(C)CCCCn1ccc(N)n1. The molecule has 0 unspecified atom stereocenters. The lowest BCUT2D eigenvalue weighted by atomic mass is 10.3. The largest absolute Gasteiger partial charge is 0.382 e. The first-order chi connectivity index (χ1) is 6.18. The van der Waals surface area contributed by atoms with E-state index >= 15 is 0 Å². The fraction of sp³-hybridized carbons (Fsp3) is 0.667. The molecule has 2 N–H and O–H groups in total. The maximum Gasteiger partial charge on any atom is 0.145 e. The molecule has 1 aromatic heterocycles. The van der Waals surface area contributed by atoms with E-state index in [4.69, 9.17) is 5.73 Å². The molecular weight excluding hydrogens is 164 g/mol. The first-order valence-corrected chi connectivity index (χ1v) is 4.62. The predicted octanol–water partition coefficient (Wildman–Crippen LogP) is 0.807. The molecule has 4 nitrogen and oxygen atoms in total. The number of rotatable bonds is 5. The summed E-state index contributed by atoms with van der Waals surface area (Å²) >= 11 is 0. The van der Waals surface area contributed by atoms with E-state index in [1.54, 1.807) is 0 Å². The zero-order chi connectivity index (χ0) is 9.68. The second-order valence-electron chi connectivity index (χ2n) is 3.51. The van der Waals surface area contributed by atoms with Crippen LogP contribution in [0, 0.1) is 0 Å². The second-order valence-corrected chi connectivity index (χ2v) is 3.51. The van der Waals surface area contributed by atoms with Crippen molar-refractivity contribution in [2.45, 2.75) is 19.4 Å². The molecule has 0 aliphatic heterocycles. The summed E-state index contributed by atoms with van der Waals surface area (Å²) in [5, 5.41) is 4.11. The van der Waals surface area contributed by atoms with Gasteiger partial charge in [0.2, 0.25) is 0 Å². The first kappa shape index (κ1) is 10.1. The minimum absolute atomic E-state index is 0.604. The number of nitrogens with zero attached hydrogens (tertiary/aromatic N) is 3. The van der Waals surface area contributed by atoms with Gasteiger partial charge >= 0.3 is 0 Å². The van der Waals surface area contributed by atoms with E-state index in [2.05, 4.69) is 24.1 Å². The molecule has 74 valence electrons. The molecule has 13 heavy (non-hydrogen) atoms. The summed E-state index contributed by atoms with van der Waals surface area (Å²) in [5.74, 6) is 0.604. The summed E-state index contributed by atoms with van der Waals surface area (Å²) in [4.78, 5) is 2.19. The van der Waals surface area contributed by atoms with Crippen LogP contribution in [-0.4, -0.2) is 35.3 Å². The molecule has 0 aromatic carbocycles. The number of anilines is 1. The van der Waals surface area contributed by atoms with E-state index in [1.165, 1.54) is 6.42 Å². The fourth-order valence-electron chi connectivity index (χ4n) is 1.20. The van der Waals surface area contributed by atoms with E-state index in [-0.39, 0.29) is 0 Å². The van der Waals surface area contributed by atoms with Crippen molar-refractivity contribution in [1.82, 2.24) is 14.7 Å². The summed E-state index contributed by atoms with van der Waals surface area (Å²) in [6, 6.07) is 1.83. The van der Waals surface area contributed by atoms with Crippen LogP contribution in [0.1, 0.15) is 12.8 Å². The molecule has 0 bridgehead atoms. The fourth-order valence-corrected chi connectivity index (χ4v) is 1.20. The number of nitrogens with two attached hydrogens (primary N) is 1. The van der Waals surface area contributed by atoms with Gasteiger partial charge in [-0.3, -0.25) is 4.68 Å². The van der Waals surface area contributed by atoms with Crippen molar-refractivity contribution in [3.05, 3.63) is 12.3 Å². The molecule has 4 heteroatoms. The van der Waals surface area contributed by atoms with Crippen LogP contribution < -0.4 is 5.73 Å². The number of unbranched alkanes of at least 4 members (excludes halogenated alkanes) is 1. The standard InChI is InChI=1S/C9H18N4/c1-12(2)6-3-4-7-13-8-5-9(10)11-13/h5,8H,3-4,6-7H2,1-2H3,(H2,10,11). The van der Waals surface area contributed by atoms with Gasteiger partial charge in [-0.2, -0.15) is 5.10 Å². The van der Waals surface area contributed by atoms with Crippen molar-refractivity contribution in [2.24, 2.45) is 0 Å². The van der Waals surface area contributed by atoms with Gasteiger partial charge in [0.1, 0.15) is 5.82 Å². The first-order valence-electron chi connectivity index (χ1n) is 4.62. The van der Waals surface area contributed by atoms with Crippen LogP contribution >= 0.6 is 0 Å². The number of aromatic nitrogens is 2. The van der Waals surface area contributed by atoms with Gasteiger partial charge in [-0.05, 0) is 39.5 Å². The summed E-state index contributed by atoms with van der Waals surface area (Å²) in [6.07, 6.45) is 4.27. The van der Waals surface area contributed by atoms with E-state index in [9.17, 15) is 0 Å². The van der Waals surface area contributed by atoms with E-state index in [1.807, 2.05) is 16.9 Å². The van der Waals surface area contributed by atoms with Gasteiger partial charge in [0.15, 0.2) is 0 Å². The maximum absolute atomic E-state index is 5.49. The van der Waals surface area contributed by atoms with Crippen LogP contribution in [0.4, 0.5) is 5.82 Å². The Bertz CT molecular complexity index is 242. The third-order valence-corrected chi connectivity index (χ3v) is 1.90.